The zero-order chi connectivity index (χ0) is 12.8. The van der Waals surface area contributed by atoms with Crippen LogP contribution in [0.4, 0.5) is 4.79 Å². The zero-order valence-electron chi connectivity index (χ0n) is 10.9. The smallest absolute Gasteiger partial charge is 0.407 e. The van der Waals surface area contributed by atoms with Gasteiger partial charge in [0.05, 0.1) is 0 Å². The van der Waals surface area contributed by atoms with Crippen molar-refractivity contribution in [1.29, 1.82) is 0 Å². The summed E-state index contributed by atoms with van der Waals surface area (Å²) in [5.74, 6) is 0.285. The first kappa shape index (κ1) is 14.9. The van der Waals surface area contributed by atoms with E-state index in [4.69, 9.17) is 4.74 Å². The second kappa shape index (κ2) is 6.51. The van der Waals surface area contributed by atoms with Crippen molar-refractivity contribution in [2.75, 3.05) is 0 Å². The van der Waals surface area contributed by atoms with E-state index in [1.165, 1.54) is 0 Å². The molecule has 0 fully saturated rings. The first-order valence-electron chi connectivity index (χ1n) is 5.69. The number of nitrogens with one attached hydrogen (secondary N) is 1. The maximum atomic E-state index is 11.5. The van der Waals surface area contributed by atoms with E-state index in [0.717, 1.165) is 6.29 Å². The Bertz CT molecular complexity index is 231. The topological polar surface area (TPSA) is 55.4 Å². The standard InChI is InChI=1S/C12H23NO3/c1-9(2)10(7-6-8-14)13-11(15)16-12(3,4)5/h8-10H,6-7H2,1-5H3,(H,13,15). The molecule has 0 radical (unpaired) electrons. The van der Waals surface area contributed by atoms with Gasteiger partial charge in [-0.3, -0.25) is 0 Å². The summed E-state index contributed by atoms with van der Waals surface area (Å²) in [5, 5.41) is 2.79. The molecule has 1 unspecified atom stereocenters. The molecule has 4 heteroatoms. The van der Waals surface area contributed by atoms with E-state index in [2.05, 4.69) is 5.32 Å². The molecule has 1 atom stereocenters. The Hall–Kier alpha value is -1.06. The second-order valence-corrected chi connectivity index (χ2v) is 5.24. The summed E-state index contributed by atoms with van der Waals surface area (Å²) < 4.78 is 5.16. The summed E-state index contributed by atoms with van der Waals surface area (Å²) in [6.07, 6.45) is 1.56. The number of aldehydes is 1. The van der Waals surface area contributed by atoms with Gasteiger partial charge in [0, 0.05) is 12.5 Å². The molecule has 0 saturated heterocycles. The van der Waals surface area contributed by atoms with E-state index in [9.17, 15) is 9.59 Å². The Kier molecular flexibility index (Phi) is 6.08. The van der Waals surface area contributed by atoms with Gasteiger partial charge in [0.25, 0.3) is 0 Å². The fourth-order valence-corrected chi connectivity index (χ4v) is 1.28. The minimum atomic E-state index is -0.490. The van der Waals surface area contributed by atoms with E-state index in [1.807, 2.05) is 34.6 Å². The molecule has 4 nitrogen and oxygen atoms in total. The Balaban J connectivity index is 4.18. The third kappa shape index (κ3) is 7.26. The number of carbonyl (C=O) groups excluding carboxylic acids is 2. The number of alkyl carbamates (subject to hydrolysis) is 1. The molecule has 0 aliphatic carbocycles. The van der Waals surface area contributed by atoms with E-state index < -0.39 is 11.7 Å². The van der Waals surface area contributed by atoms with Gasteiger partial charge in [0.1, 0.15) is 11.9 Å². The highest BCUT2D eigenvalue weighted by atomic mass is 16.6. The third-order valence-corrected chi connectivity index (χ3v) is 2.10. The molecule has 1 amide bonds. The molecular formula is C12H23NO3. The Morgan fingerprint density at radius 3 is 2.31 bits per heavy atom. The molecule has 0 aromatic carbocycles. The number of rotatable bonds is 5. The van der Waals surface area contributed by atoms with Crippen LogP contribution in [-0.4, -0.2) is 24.0 Å². The highest BCUT2D eigenvalue weighted by Crippen LogP contribution is 2.11. The average Bonchev–Trinajstić information content (AvgIpc) is 2.08. The zero-order valence-corrected chi connectivity index (χ0v) is 10.9. The summed E-state index contributed by atoms with van der Waals surface area (Å²) in [7, 11) is 0. The largest absolute Gasteiger partial charge is 0.444 e. The Morgan fingerprint density at radius 2 is 1.94 bits per heavy atom. The van der Waals surface area contributed by atoms with Crippen LogP contribution in [0.3, 0.4) is 0 Å². The number of amides is 1. The predicted molar refractivity (Wildman–Crippen MR) is 63.3 cm³/mol. The number of hydrogen-bond acceptors (Lipinski definition) is 3. The van der Waals surface area contributed by atoms with Crippen molar-refractivity contribution in [2.45, 2.75) is 59.1 Å². The van der Waals surface area contributed by atoms with Gasteiger partial charge in [-0.05, 0) is 33.1 Å². The average molecular weight is 229 g/mol. The molecule has 0 aliphatic heterocycles. The Labute approximate surface area is 97.7 Å². The van der Waals surface area contributed by atoms with Crippen LogP contribution in [-0.2, 0) is 9.53 Å². The normalized spacial score (nSPS) is 13.4. The van der Waals surface area contributed by atoms with Gasteiger partial charge in [0.15, 0.2) is 0 Å². The van der Waals surface area contributed by atoms with Gasteiger partial charge in [-0.25, -0.2) is 4.79 Å². The molecule has 94 valence electrons. The third-order valence-electron chi connectivity index (χ3n) is 2.10. The van der Waals surface area contributed by atoms with Crippen molar-refractivity contribution < 1.29 is 14.3 Å². The van der Waals surface area contributed by atoms with Gasteiger partial charge >= 0.3 is 6.09 Å². The molecule has 0 rings (SSSR count). The minimum absolute atomic E-state index is 0.0138. The van der Waals surface area contributed by atoms with Crippen molar-refractivity contribution in [1.82, 2.24) is 5.32 Å². The van der Waals surface area contributed by atoms with Crippen molar-refractivity contribution in [3.63, 3.8) is 0 Å². The van der Waals surface area contributed by atoms with Crippen LogP contribution in [0, 0.1) is 5.92 Å². The lowest BCUT2D eigenvalue weighted by atomic mass is 10.00. The maximum absolute atomic E-state index is 11.5. The van der Waals surface area contributed by atoms with E-state index in [0.29, 0.717) is 12.8 Å². The second-order valence-electron chi connectivity index (χ2n) is 5.24. The van der Waals surface area contributed by atoms with E-state index in [1.54, 1.807) is 0 Å². The van der Waals surface area contributed by atoms with Crippen LogP contribution >= 0.6 is 0 Å². The van der Waals surface area contributed by atoms with E-state index >= 15 is 0 Å². The van der Waals surface area contributed by atoms with Crippen molar-refractivity contribution in [2.24, 2.45) is 5.92 Å². The summed E-state index contributed by atoms with van der Waals surface area (Å²) in [6.45, 7) is 9.48. The lowest BCUT2D eigenvalue weighted by Crippen LogP contribution is -2.41. The van der Waals surface area contributed by atoms with E-state index in [-0.39, 0.29) is 12.0 Å². The predicted octanol–water partition coefficient (Wildman–Crippen LogP) is 2.51. The lowest BCUT2D eigenvalue weighted by Gasteiger charge is -2.25. The molecule has 0 bridgehead atoms. The molecule has 0 saturated carbocycles. The van der Waals surface area contributed by atoms with Crippen LogP contribution in [0.5, 0.6) is 0 Å². The van der Waals surface area contributed by atoms with Crippen LogP contribution in [0.2, 0.25) is 0 Å². The van der Waals surface area contributed by atoms with Gasteiger partial charge in [-0.2, -0.15) is 0 Å². The molecular weight excluding hydrogens is 206 g/mol. The van der Waals surface area contributed by atoms with Crippen LogP contribution in [0.15, 0.2) is 0 Å². The van der Waals surface area contributed by atoms with Crippen molar-refractivity contribution in [3.05, 3.63) is 0 Å². The van der Waals surface area contributed by atoms with Gasteiger partial charge in [0.2, 0.25) is 0 Å². The SMILES string of the molecule is CC(C)C(CCC=O)NC(=O)OC(C)(C)C. The molecule has 1 N–H and O–H groups in total. The van der Waals surface area contributed by atoms with Crippen LogP contribution in [0.1, 0.15) is 47.5 Å². The molecule has 0 aromatic rings. The number of carbonyl (C=O) groups is 2. The number of hydrogen-bond donors (Lipinski definition) is 1. The van der Waals surface area contributed by atoms with Crippen LogP contribution < -0.4 is 5.32 Å². The molecule has 0 aromatic heterocycles. The first-order valence-corrected chi connectivity index (χ1v) is 5.69. The first-order chi connectivity index (χ1) is 7.26. The van der Waals surface area contributed by atoms with Crippen LogP contribution in [0.25, 0.3) is 0 Å². The monoisotopic (exact) mass is 229 g/mol. The quantitative estimate of drug-likeness (QED) is 0.737. The fraction of sp³-hybridized carbons (Fsp3) is 0.833. The molecule has 0 heterocycles. The lowest BCUT2D eigenvalue weighted by molar-refractivity contribution is -0.108. The highest BCUT2D eigenvalue weighted by molar-refractivity contribution is 5.68. The van der Waals surface area contributed by atoms with Gasteiger partial charge in [-0.1, -0.05) is 13.8 Å². The Morgan fingerprint density at radius 1 is 1.38 bits per heavy atom. The van der Waals surface area contributed by atoms with Gasteiger partial charge < -0.3 is 14.8 Å². The fourth-order valence-electron chi connectivity index (χ4n) is 1.28. The summed E-state index contributed by atoms with van der Waals surface area (Å²) >= 11 is 0. The minimum Gasteiger partial charge on any atom is -0.444 e. The highest BCUT2D eigenvalue weighted by Gasteiger charge is 2.20. The van der Waals surface area contributed by atoms with Crippen molar-refractivity contribution >= 4 is 12.4 Å². The summed E-state index contributed by atoms with van der Waals surface area (Å²) in [6, 6.07) is -0.0138. The molecule has 0 spiro atoms. The summed E-state index contributed by atoms with van der Waals surface area (Å²) in [4.78, 5) is 21.8. The number of ether oxygens (including phenoxy) is 1. The van der Waals surface area contributed by atoms with Crippen molar-refractivity contribution in [3.8, 4) is 0 Å². The summed E-state index contributed by atoms with van der Waals surface area (Å²) in [5.41, 5.74) is -0.490. The molecule has 0 aliphatic rings. The van der Waals surface area contributed by atoms with Gasteiger partial charge in [-0.15, -0.1) is 0 Å². The molecule has 16 heavy (non-hydrogen) atoms. The maximum Gasteiger partial charge on any atom is 0.407 e.